The van der Waals surface area contributed by atoms with Gasteiger partial charge in [0, 0.05) is 25.2 Å². The molecule has 1 amide bonds. The Hall–Kier alpha value is -1.36. The second-order valence-electron chi connectivity index (χ2n) is 4.06. The van der Waals surface area contributed by atoms with Crippen molar-refractivity contribution in [2.24, 2.45) is 0 Å². The van der Waals surface area contributed by atoms with Crippen LogP contribution in [0.2, 0.25) is 0 Å². The van der Waals surface area contributed by atoms with Crippen LogP contribution in [0.25, 0.3) is 0 Å². The van der Waals surface area contributed by atoms with Gasteiger partial charge in [0.15, 0.2) is 0 Å². The van der Waals surface area contributed by atoms with Crippen LogP contribution < -0.4 is 0 Å². The minimum atomic E-state index is -0.403. The van der Waals surface area contributed by atoms with Crippen LogP contribution >= 0.6 is 0 Å². The molecule has 0 aromatic rings. The summed E-state index contributed by atoms with van der Waals surface area (Å²) in [5.41, 5.74) is 0.367. The largest absolute Gasteiger partial charge is 0.463 e. The third-order valence-corrected chi connectivity index (χ3v) is 2.55. The zero-order chi connectivity index (χ0) is 14.1. The molecule has 0 aromatic carbocycles. The van der Waals surface area contributed by atoms with E-state index in [1.165, 1.54) is 0 Å². The Balaban J connectivity index is 4.18. The minimum Gasteiger partial charge on any atom is -0.463 e. The SMILES string of the molecule is C=C(CN(C)CC(=O)N(CC)CC)C(=O)OCC. The number of rotatable bonds is 8. The summed E-state index contributed by atoms with van der Waals surface area (Å²) in [5.74, 6) is -0.348. The molecule has 0 radical (unpaired) electrons. The smallest absolute Gasteiger partial charge is 0.334 e. The molecule has 0 bridgehead atoms. The van der Waals surface area contributed by atoms with Gasteiger partial charge in [0.1, 0.15) is 0 Å². The van der Waals surface area contributed by atoms with E-state index in [1.54, 1.807) is 23.8 Å². The first-order valence-corrected chi connectivity index (χ1v) is 6.27. The lowest BCUT2D eigenvalue weighted by atomic mass is 10.3. The Kier molecular flexibility index (Phi) is 8.03. The average Bonchev–Trinajstić information content (AvgIpc) is 2.30. The molecule has 0 aromatic heterocycles. The van der Waals surface area contributed by atoms with E-state index in [-0.39, 0.29) is 12.5 Å². The fraction of sp³-hybridized carbons (Fsp3) is 0.692. The maximum absolute atomic E-state index is 11.8. The Bertz CT molecular complexity index is 299. The fourth-order valence-corrected chi connectivity index (χ4v) is 1.59. The average molecular weight is 256 g/mol. The van der Waals surface area contributed by atoms with Gasteiger partial charge in [-0.1, -0.05) is 6.58 Å². The quantitative estimate of drug-likeness (QED) is 0.478. The van der Waals surface area contributed by atoms with Crippen molar-refractivity contribution in [3.8, 4) is 0 Å². The highest BCUT2D eigenvalue weighted by atomic mass is 16.5. The highest BCUT2D eigenvalue weighted by Gasteiger charge is 2.15. The number of esters is 1. The van der Waals surface area contributed by atoms with E-state index >= 15 is 0 Å². The summed E-state index contributed by atoms with van der Waals surface area (Å²) in [6.45, 7) is 11.6. The fourth-order valence-electron chi connectivity index (χ4n) is 1.59. The number of carbonyl (C=O) groups is 2. The Labute approximate surface area is 109 Å². The maximum Gasteiger partial charge on any atom is 0.334 e. The zero-order valence-electron chi connectivity index (χ0n) is 11.9. The molecule has 104 valence electrons. The van der Waals surface area contributed by atoms with Crippen molar-refractivity contribution in [1.82, 2.24) is 9.80 Å². The molecule has 5 nitrogen and oxygen atoms in total. The molecule has 0 spiro atoms. The summed E-state index contributed by atoms with van der Waals surface area (Å²) in [7, 11) is 1.78. The third-order valence-electron chi connectivity index (χ3n) is 2.55. The van der Waals surface area contributed by atoms with Gasteiger partial charge in [-0.3, -0.25) is 9.69 Å². The lowest BCUT2D eigenvalue weighted by molar-refractivity contribution is -0.139. The van der Waals surface area contributed by atoms with Gasteiger partial charge < -0.3 is 9.64 Å². The van der Waals surface area contributed by atoms with Gasteiger partial charge in [-0.05, 0) is 27.8 Å². The van der Waals surface area contributed by atoms with Crippen LogP contribution in [0.5, 0.6) is 0 Å². The van der Waals surface area contributed by atoms with E-state index in [2.05, 4.69) is 6.58 Å². The highest BCUT2D eigenvalue weighted by molar-refractivity contribution is 5.88. The molecule has 18 heavy (non-hydrogen) atoms. The first-order chi connectivity index (χ1) is 8.46. The van der Waals surface area contributed by atoms with Gasteiger partial charge in [-0.15, -0.1) is 0 Å². The number of likely N-dealkylation sites (N-methyl/N-ethyl adjacent to an activating group) is 2. The molecular weight excluding hydrogens is 232 g/mol. The van der Waals surface area contributed by atoms with Gasteiger partial charge in [0.25, 0.3) is 0 Å². The van der Waals surface area contributed by atoms with Crippen molar-refractivity contribution < 1.29 is 14.3 Å². The molecule has 0 fully saturated rings. The molecule has 0 aliphatic rings. The van der Waals surface area contributed by atoms with Crippen molar-refractivity contribution in [2.45, 2.75) is 20.8 Å². The van der Waals surface area contributed by atoms with Crippen LogP contribution in [0.1, 0.15) is 20.8 Å². The second kappa shape index (κ2) is 8.69. The first kappa shape index (κ1) is 16.6. The standard InChI is InChI=1S/C13H24N2O3/c1-6-15(7-2)12(16)10-14(5)9-11(4)13(17)18-8-3/h4,6-10H2,1-3,5H3. The predicted octanol–water partition coefficient (Wildman–Crippen LogP) is 0.906. The molecule has 0 aliphatic carbocycles. The van der Waals surface area contributed by atoms with Crippen LogP contribution in [0.15, 0.2) is 12.2 Å². The lowest BCUT2D eigenvalue weighted by Crippen LogP contribution is -2.39. The van der Waals surface area contributed by atoms with E-state index in [1.807, 2.05) is 13.8 Å². The molecule has 0 heterocycles. The van der Waals surface area contributed by atoms with Crippen molar-refractivity contribution >= 4 is 11.9 Å². The van der Waals surface area contributed by atoms with Gasteiger partial charge in [-0.25, -0.2) is 4.79 Å². The molecule has 0 saturated heterocycles. The zero-order valence-corrected chi connectivity index (χ0v) is 11.9. The number of nitrogens with zero attached hydrogens (tertiary/aromatic N) is 2. The van der Waals surface area contributed by atoms with E-state index in [9.17, 15) is 9.59 Å². The van der Waals surface area contributed by atoms with Gasteiger partial charge >= 0.3 is 5.97 Å². The number of hydrogen-bond donors (Lipinski definition) is 0. The molecular formula is C13H24N2O3. The van der Waals surface area contributed by atoms with Crippen molar-refractivity contribution in [1.29, 1.82) is 0 Å². The molecule has 0 saturated carbocycles. The number of hydrogen-bond acceptors (Lipinski definition) is 4. The number of ether oxygens (including phenoxy) is 1. The van der Waals surface area contributed by atoms with E-state index in [4.69, 9.17) is 4.74 Å². The highest BCUT2D eigenvalue weighted by Crippen LogP contribution is 1.99. The summed E-state index contributed by atoms with van der Waals surface area (Å²) < 4.78 is 4.84. The summed E-state index contributed by atoms with van der Waals surface area (Å²) in [4.78, 5) is 26.7. The summed E-state index contributed by atoms with van der Waals surface area (Å²) >= 11 is 0. The first-order valence-electron chi connectivity index (χ1n) is 6.27. The second-order valence-corrected chi connectivity index (χ2v) is 4.06. The Morgan fingerprint density at radius 1 is 1.11 bits per heavy atom. The van der Waals surface area contributed by atoms with Crippen LogP contribution in [-0.2, 0) is 14.3 Å². The monoisotopic (exact) mass is 256 g/mol. The lowest BCUT2D eigenvalue weighted by Gasteiger charge is -2.23. The van der Waals surface area contributed by atoms with Gasteiger partial charge in [-0.2, -0.15) is 0 Å². The van der Waals surface area contributed by atoms with Crippen LogP contribution in [0.3, 0.4) is 0 Å². The van der Waals surface area contributed by atoms with Crippen LogP contribution in [0.4, 0.5) is 0 Å². The molecule has 0 rings (SSSR count). The minimum absolute atomic E-state index is 0.0548. The summed E-state index contributed by atoms with van der Waals surface area (Å²) in [6.07, 6.45) is 0. The molecule has 5 heteroatoms. The Morgan fingerprint density at radius 2 is 1.67 bits per heavy atom. The summed E-state index contributed by atoms with van der Waals surface area (Å²) in [6, 6.07) is 0. The third kappa shape index (κ3) is 5.82. The normalized spacial score (nSPS) is 10.3. The summed E-state index contributed by atoms with van der Waals surface area (Å²) in [5, 5.41) is 0. The molecule has 0 N–H and O–H groups in total. The van der Waals surface area contributed by atoms with Crippen molar-refractivity contribution in [2.75, 3.05) is 39.8 Å². The molecule has 0 atom stereocenters. The van der Waals surface area contributed by atoms with E-state index in [0.29, 0.717) is 31.8 Å². The molecule has 0 aliphatic heterocycles. The molecule has 0 unspecified atom stereocenters. The topological polar surface area (TPSA) is 49.9 Å². The maximum atomic E-state index is 11.8. The Morgan fingerprint density at radius 3 is 2.11 bits per heavy atom. The van der Waals surface area contributed by atoms with Crippen molar-refractivity contribution in [3.63, 3.8) is 0 Å². The van der Waals surface area contributed by atoms with Crippen molar-refractivity contribution in [3.05, 3.63) is 12.2 Å². The van der Waals surface area contributed by atoms with E-state index < -0.39 is 5.97 Å². The predicted molar refractivity (Wildman–Crippen MR) is 71.2 cm³/mol. The van der Waals surface area contributed by atoms with Gasteiger partial charge in [0.05, 0.1) is 13.2 Å². The number of amides is 1. The van der Waals surface area contributed by atoms with E-state index in [0.717, 1.165) is 0 Å². The van der Waals surface area contributed by atoms with Crippen LogP contribution in [-0.4, -0.2) is 61.5 Å². The van der Waals surface area contributed by atoms with Gasteiger partial charge in [0.2, 0.25) is 5.91 Å². The number of carbonyl (C=O) groups excluding carboxylic acids is 2. The van der Waals surface area contributed by atoms with Crippen LogP contribution in [0, 0.1) is 0 Å².